The second-order valence-corrected chi connectivity index (χ2v) is 9.81. The van der Waals surface area contributed by atoms with Gasteiger partial charge in [-0.2, -0.15) is 0 Å². The summed E-state index contributed by atoms with van der Waals surface area (Å²) >= 11 is 0. The fraction of sp³-hybridized carbons (Fsp3) is 0.462. The van der Waals surface area contributed by atoms with Crippen molar-refractivity contribution < 1.29 is 19.4 Å². The molecule has 36 heavy (non-hydrogen) atoms. The highest BCUT2D eigenvalue weighted by atomic mass is 16.5. The molecular formula is C26H33N5O5. The van der Waals surface area contributed by atoms with Crippen LogP contribution in [0.4, 0.5) is 10.5 Å². The van der Waals surface area contributed by atoms with Crippen LogP contribution in [0.15, 0.2) is 41.3 Å². The Morgan fingerprint density at radius 3 is 2.69 bits per heavy atom. The summed E-state index contributed by atoms with van der Waals surface area (Å²) in [5, 5.41) is 10.2. The minimum Gasteiger partial charge on any atom is -0.452 e. The van der Waals surface area contributed by atoms with Crippen LogP contribution in [-0.2, 0) is 35.5 Å². The number of hydrogen-bond acceptors (Lipinski definition) is 6. The van der Waals surface area contributed by atoms with Crippen LogP contribution in [0.1, 0.15) is 31.7 Å². The van der Waals surface area contributed by atoms with Crippen molar-refractivity contribution in [2.45, 2.75) is 51.8 Å². The highest BCUT2D eigenvalue weighted by Crippen LogP contribution is 2.34. The van der Waals surface area contributed by atoms with Crippen molar-refractivity contribution >= 4 is 28.7 Å². The number of amides is 2. The fourth-order valence-corrected chi connectivity index (χ4v) is 4.78. The number of nitrogens with zero attached hydrogens (tertiary/aromatic N) is 5. The van der Waals surface area contributed by atoms with Crippen LogP contribution in [0, 0.1) is 0 Å². The zero-order valence-electron chi connectivity index (χ0n) is 21.2. The van der Waals surface area contributed by atoms with Crippen molar-refractivity contribution in [3.05, 3.63) is 58.3 Å². The number of anilines is 1. The van der Waals surface area contributed by atoms with Gasteiger partial charge in [-0.1, -0.05) is 6.07 Å². The smallest absolute Gasteiger partial charge is 0.414 e. The Balaban J connectivity index is 1.75. The summed E-state index contributed by atoms with van der Waals surface area (Å²) in [7, 11) is 3.03. The predicted molar refractivity (Wildman–Crippen MR) is 136 cm³/mol. The van der Waals surface area contributed by atoms with Crippen LogP contribution in [0.5, 0.6) is 0 Å². The Kier molecular flexibility index (Phi) is 7.16. The maximum Gasteiger partial charge on any atom is 0.414 e. The molecule has 0 saturated heterocycles. The van der Waals surface area contributed by atoms with E-state index in [2.05, 4.69) is 0 Å². The summed E-state index contributed by atoms with van der Waals surface area (Å²) in [6.45, 7) is 4.53. The number of aromatic nitrogens is 3. The molecule has 10 nitrogen and oxygen atoms in total. The van der Waals surface area contributed by atoms with Gasteiger partial charge in [-0.05, 0) is 44.9 Å². The number of imidazole rings is 1. The van der Waals surface area contributed by atoms with E-state index in [1.165, 1.54) is 18.1 Å². The molecule has 10 heteroatoms. The molecule has 0 saturated carbocycles. The highest BCUT2D eigenvalue weighted by molar-refractivity contribution is 5.95. The number of carbonyl (C=O) groups excluding carboxylic acids is 2. The average Bonchev–Trinajstić information content (AvgIpc) is 3.19. The third kappa shape index (κ3) is 5.28. The maximum absolute atomic E-state index is 13.1. The number of carbonyl (C=O) groups is 2. The van der Waals surface area contributed by atoms with Gasteiger partial charge in [-0.25, -0.2) is 9.78 Å². The molecule has 0 spiro atoms. The van der Waals surface area contributed by atoms with Gasteiger partial charge in [-0.3, -0.25) is 14.5 Å². The summed E-state index contributed by atoms with van der Waals surface area (Å²) in [4.78, 5) is 45.7. The molecule has 0 radical (unpaired) electrons. The van der Waals surface area contributed by atoms with E-state index in [1.807, 2.05) is 16.7 Å². The first-order chi connectivity index (χ1) is 17.1. The molecule has 192 valence electrons. The van der Waals surface area contributed by atoms with Crippen molar-refractivity contribution in [2.75, 3.05) is 32.1 Å². The Morgan fingerprint density at radius 2 is 2.00 bits per heavy atom. The molecule has 0 unspecified atom stereocenters. The standard InChI is InChI=1S/C26H33N5O5/c1-26(2,35)17-28(3)23(33)16-31-20-11-10-19-18(8-7-14-30(19)25(34)36-4)24(20)27-21(31)12-15-29-13-6-5-9-22(29)32/h5-6,9-11,13,35H,7-8,12,14-17H2,1-4H3. The zero-order chi connectivity index (χ0) is 26.0. The predicted octanol–water partition coefficient (Wildman–Crippen LogP) is 2.19. The topological polar surface area (TPSA) is 110 Å². The Labute approximate surface area is 209 Å². The lowest BCUT2D eigenvalue weighted by Gasteiger charge is -2.28. The summed E-state index contributed by atoms with van der Waals surface area (Å²) < 4.78 is 8.45. The van der Waals surface area contributed by atoms with Gasteiger partial charge in [0.1, 0.15) is 12.4 Å². The van der Waals surface area contributed by atoms with Crippen molar-refractivity contribution in [1.29, 1.82) is 0 Å². The lowest BCUT2D eigenvalue weighted by atomic mass is 10.0. The van der Waals surface area contributed by atoms with Gasteiger partial charge in [0.15, 0.2) is 0 Å². The molecule has 0 aliphatic carbocycles. The monoisotopic (exact) mass is 495 g/mol. The van der Waals surface area contributed by atoms with Gasteiger partial charge in [0.05, 0.1) is 29.4 Å². The molecule has 2 aromatic heterocycles. The molecule has 3 aromatic rings. The summed E-state index contributed by atoms with van der Waals surface area (Å²) in [6.07, 6.45) is 3.28. The van der Waals surface area contributed by atoms with Crippen LogP contribution in [0.25, 0.3) is 11.0 Å². The van der Waals surface area contributed by atoms with Crippen molar-refractivity contribution in [1.82, 2.24) is 19.0 Å². The number of benzene rings is 1. The second-order valence-electron chi connectivity index (χ2n) is 9.81. The van der Waals surface area contributed by atoms with Gasteiger partial charge in [-0.15, -0.1) is 0 Å². The first kappa shape index (κ1) is 25.4. The summed E-state index contributed by atoms with van der Waals surface area (Å²) in [5.41, 5.74) is 2.12. The van der Waals surface area contributed by atoms with Gasteiger partial charge >= 0.3 is 6.09 Å². The molecule has 0 bridgehead atoms. The molecule has 1 aromatic carbocycles. The molecule has 4 rings (SSSR count). The zero-order valence-corrected chi connectivity index (χ0v) is 21.2. The minimum absolute atomic E-state index is 0.0433. The van der Waals surface area contributed by atoms with Crippen LogP contribution in [-0.4, -0.2) is 69.0 Å². The van der Waals surface area contributed by atoms with Gasteiger partial charge in [0.2, 0.25) is 5.91 Å². The second kappa shape index (κ2) is 10.1. The van der Waals surface area contributed by atoms with Crippen molar-refractivity contribution in [3.8, 4) is 0 Å². The SMILES string of the molecule is COC(=O)N1CCCc2c1ccc1c2nc(CCn2ccccc2=O)n1CC(=O)N(C)CC(C)(C)O. The third-order valence-corrected chi connectivity index (χ3v) is 6.39. The van der Waals surface area contributed by atoms with E-state index >= 15 is 0 Å². The summed E-state index contributed by atoms with van der Waals surface area (Å²) in [5.74, 6) is 0.512. The van der Waals surface area contributed by atoms with Crippen LogP contribution < -0.4 is 10.5 Å². The number of likely N-dealkylation sites (N-methyl/N-ethyl adjacent to an activating group) is 1. The van der Waals surface area contributed by atoms with Gasteiger partial charge < -0.3 is 23.9 Å². The average molecular weight is 496 g/mol. The number of hydrogen-bond donors (Lipinski definition) is 1. The van der Waals surface area contributed by atoms with Crippen molar-refractivity contribution in [2.24, 2.45) is 0 Å². The van der Waals surface area contributed by atoms with E-state index in [0.29, 0.717) is 25.3 Å². The van der Waals surface area contributed by atoms with Crippen LogP contribution in [0.2, 0.25) is 0 Å². The first-order valence-corrected chi connectivity index (χ1v) is 12.1. The number of fused-ring (bicyclic) bond motifs is 3. The lowest BCUT2D eigenvalue weighted by molar-refractivity contribution is -0.133. The first-order valence-electron chi connectivity index (χ1n) is 12.1. The van der Waals surface area contributed by atoms with E-state index < -0.39 is 11.7 Å². The normalized spacial score (nSPS) is 13.5. The third-order valence-electron chi connectivity index (χ3n) is 6.39. The van der Waals surface area contributed by atoms with Gasteiger partial charge in [0, 0.05) is 50.9 Å². The highest BCUT2D eigenvalue weighted by Gasteiger charge is 2.28. The number of ether oxygens (including phenoxy) is 1. The van der Waals surface area contributed by atoms with Crippen LogP contribution in [0.3, 0.4) is 0 Å². The Morgan fingerprint density at radius 1 is 1.22 bits per heavy atom. The molecule has 1 N–H and O–H groups in total. The molecule has 3 heterocycles. The molecule has 1 aliphatic heterocycles. The largest absolute Gasteiger partial charge is 0.452 e. The van der Waals surface area contributed by atoms with E-state index in [9.17, 15) is 19.5 Å². The number of rotatable bonds is 7. The van der Waals surface area contributed by atoms with E-state index in [0.717, 1.165) is 35.1 Å². The Bertz CT molecular complexity index is 1340. The molecule has 0 fully saturated rings. The Hall–Kier alpha value is -3.66. The van der Waals surface area contributed by atoms with E-state index in [1.54, 1.807) is 48.7 Å². The molecular weight excluding hydrogens is 462 g/mol. The van der Waals surface area contributed by atoms with E-state index in [4.69, 9.17) is 9.72 Å². The number of methoxy groups -OCH3 is 1. The van der Waals surface area contributed by atoms with Crippen LogP contribution >= 0.6 is 0 Å². The molecule has 2 amide bonds. The molecule has 0 atom stereocenters. The maximum atomic E-state index is 13.1. The van der Waals surface area contributed by atoms with Crippen molar-refractivity contribution in [3.63, 3.8) is 0 Å². The molecule has 1 aliphatic rings. The number of aryl methyl sites for hydroxylation is 3. The van der Waals surface area contributed by atoms with Gasteiger partial charge in [0.25, 0.3) is 5.56 Å². The minimum atomic E-state index is -1.02. The number of pyridine rings is 1. The number of aliphatic hydroxyl groups is 1. The quantitative estimate of drug-likeness (QED) is 0.538. The summed E-state index contributed by atoms with van der Waals surface area (Å²) in [6, 6.07) is 8.77. The van der Waals surface area contributed by atoms with E-state index in [-0.39, 0.29) is 24.6 Å². The lowest BCUT2D eigenvalue weighted by Crippen LogP contribution is -2.41. The fourth-order valence-electron chi connectivity index (χ4n) is 4.78.